The molecule has 248 valence electrons. The van der Waals surface area contributed by atoms with E-state index in [-0.39, 0.29) is 28.4 Å². The van der Waals surface area contributed by atoms with E-state index in [1.54, 1.807) is 25.2 Å². The third-order valence-corrected chi connectivity index (χ3v) is 9.35. The van der Waals surface area contributed by atoms with Crippen LogP contribution >= 0.6 is 0 Å². The van der Waals surface area contributed by atoms with Gasteiger partial charge in [-0.15, -0.1) is 0 Å². The van der Waals surface area contributed by atoms with Gasteiger partial charge in [0.05, 0.1) is 22.8 Å². The molecule has 1 fully saturated rings. The number of aryl methyl sites for hydroxylation is 2. The highest BCUT2D eigenvalue weighted by Crippen LogP contribution is 2.33. The molecule has 45 heavy (non-hydrogen) atoms. The summed E-state index contributed by atoms with van der Waals surface area (Å²) in [5.41, 5.74) is 1.73. The predicted octanol–water partition coefficient (Wildman–Crippen LogP) is 0.265. The minimum Gasteiger partial charge on any atom is -0.493 e. The Kier molecular flexibility index (Phi) is 11.4. The van der Waals surface area contributed by atoms with Crippen molar-refractivity contribution in [3.05, 3.63) is 34.2 Å². The number of aliphatic hydroxyl groups is 2. The van der Waals surface area contributed by atoms with E-state index in [4.69, 9.17) is 30.1 Å². The molecule has 1 saturated heterocycles. The molecular formula is C28H40N6O10S. The normalized spacial score (nSPS) is 19.0. The van der Waals surface area contributed by atoms with Crippen molar-refractivity contribution in [2.45, 2.75) is 69.7 Å². The summed E-state index contributed by atoms with van der Waals surface area (Å²) >= 11 is 0. The molecule has 5 N–H and O–H groups in total. The van der Waals surface area contributed by atoms with Gasteiger partial charge in [0.15, 0.2) is 17.7 Å². The smallest absolute Gasteiger partial charge is 0.335 e. The Bertz CT molecular complexity index is 1680. The number of carboxylic acids is 2. The highest BCUT2D eigenvalue weighted by molar-refractivity contribution is 7.89. The number of H-pyrrole nitrogens is 1. The summed E-state index contributed by atoms with van der Waals surface area (Å²) < 4.78 is 36.1. The third kappa shape index (κ3) is 7.67. The maximum Gasteiger partial charge on any atom is 0.335 e. The highest BCUT2D eigenvalue weighted by atomic mass is 32.2. The largest absolute Gasteiger partial charge is 0.493 e. The van der Waals surface area contributed by atoms with Gasteiger partial charge in [0.1, 0.15) is 17.1 Å². The quantitative estimate of drug-likeness (QED) is 0.198. The van der Waals surface area contributed by atoms with Crippen molar-refractivity contribution in [1.82, 2.24) is 29.0 Å². The first-order valence-electron chi connectivity index (χ1n) is 14.3. The van der Waals surface area contributed by atoms with Crippen LogP contribution in [0.2, 0.25) is 0 Å². The SMILES string of the molecule is CCCc1nn(C)c2c(=O)[nH]c(-c3cc(S(=O)(=O)N4C[C@@H](C)N(C)[C@@H](C)C4)ccc3OCC)nc12.O=C(O)C(O)C(O)C(=O)O. The number of aromatic amines is 1. The summed E-state index contributed by atoms with van der Waals surface area (Å²) in [6, 6.07) is 4.93. The standard InChI is InChI=1S/C24H34N6O4S.C4H6O6/c1-7-9-19-21-22(29(6)27-19)24(31)26-23(25-21)18-12-17(10-11-20(18)34-8-2)35(32,33)30-13-15(3)28(5)16(4)14-30;5-1(3(7)8)2(6)4(9)10/h10-12,15-16H,7-9,13-14H2,1-6H3,(H,25,26,31);1-2,5-6H,(H,7,8)(H,9,10)/t15-,16+;. The van der Waals surface area contributed by atoms with Gasteiger partial charge in [0, 0.05) is 32.2 Å². The molecule has 0 aliphatic carbocycles. The molecule has 4 atom stereocenters. The minimum atomic E-state index is -3.76. The Morgan fingerprint density at radius 2 is 1.64 bits per heavy atom. The molecule has 0 saturated carbocycles. The number of hydrogen-bond donors (Lipinski definition) is 5. The zero-order valence-electron chi connectivity index (χ0n) is 26.0. The lowest BCUT2D eigenvalue weighted by atomic mass is 10.1. The number of aromatic nitrogens is 4. The monoisotopic (exact) mass is 652 g/mol. The fraction of sp³-hybridized carbons (Fsp3) is 0.536. The van der Waals surface area contributed by atoms with E-state index >= 15 is 0 Å². The second-order valence-electron chi connectivity index (χ2n) is 10.8. The summed E-state index contributed by atoms with van der Waals surface area (Å²) in [5, 5.41) is 37.0. The van der Waals surface area contributed by atoms with Crippen molar-refractivity contribution in [2.24, 2.45) is 7.05 Å². The number of aliphatic hydroxyl groups excluding tert-OH is 2. The lowest BCUT2D eigenvalue weighted by Crippen LogP contribution is -2.56. The first-order chi connectivity index (χ1) is 21.0. The van der Waals surface area contributed by atoms with Crippen LogP contribution in [0, 0.1) is 0 Å². The van der Waals surface area contributed by atoms with Gasteiger partial charge in [-0.1, -0.05) is 13.3 Å². The van der Waals surface area contributed by atoms with Crippen LogP contribution in [-0.2, 0) is 33.1 Å². The fourth-order valence-electron chi connectivity index (χ4n) is 4.89. The van der Waals surface area contributed by atoms with Gasteiger partial charge in [0.25, 0.3) is 5.56 Å². The maximum atomic E-state index is 13.6. The number of carbonyl (C=O) groups is 2. The Morgan fingerprint density at radius 3 is 2.16 bits per heavy atom. The number of carboxylic acid groups (broad SMARTS) is 2. The maximum absolute atomic E-state index is 13.6. The molecule has 0 radical (unpaired) electrons. The van der Waals surface area contributed by atoms with Crippen LogP contribution in [0.4, 0.5) is 0 Å². The Labute approximate surface area is 259 Å². The van der Waals surface area contributed by atoms with Gasteiger partial charge in [0.2, 0.25) is 10.0 Å². The first kappa shape index (κ1) is 35.6. The first-order valence-corrected chi connectivity index (χ1v) is 15.8. The zero-order valence-corrected chi connectivity index (χ0v) is 26.8. The van der Waals surface area contributed by atoms with E-state index in [0.29, 0.717) is 48.5 Å². The molecular weight excluding hydrogens is 612 g/mol. The van der Waals surface area contributed by atoms with Crippen LogP contribution in [0.1, 0.15) is 39.8 Å². The molecule has 16 nitrogen and oxygen atoms in total. The van der Waals surface area contributed by atoms with Gasteiger partial charge in [-0.2, -0.15) is 9.40 Å². The van der Waals surface area contributed by atoms with Gasteiger partial charge in [-0.3, -0.25) is 14.4 Å². The molecule has 17 heteroatoms. The highest BCUT2D eigenvalue weighted by Gasteiger charge is 2.35. The molecule has 2 unspecified atom stereocenters. The van der Waals surface area contributed by atoms with E-state index in [1.807, 2.05) is 34.7 Å². The summed E-state index contributed by atoms with van der Waals surface area (Å²) in [7, 11) is -0.0351. The molecule has 3 aromatic rings. The number of hydrogen-bond acceptors (Lipinski definition) is 11. The molecule has 0 spiro atoms. The second kappa shape index (κ2) is 14.5. The van der Waals surface area contributed by atoms with Crippen LogP contribution in [0.15, 0.2) is 27.9 Å². The molecule has 1 aliphatic heterocycles. The van der Waals surface area contributed by atoms with E-state index in [1.165, 1.54) is 8.99 Å². The van der Waals surface area contributed by atoms with Crippen molar-refractivity contribution in [3.8, 4) is 17.1 Å². The number of fused-ring (bicyclic) bond motifs is 1. The van der Waals surface area contributed by atoms with Crippen molar-refractivity contribution in [2.75, 3.05) is 26.7 Å². The number of piperazine rings is 1. The third-order valence-electron chi connectivity index (χ3n) is 7.52. The van der Waals surface area contributed by atoms with Crippen LogP contribution < -0.4 is 10.3 Å². The van der Waals surface area contributed by atoms with Crippen LogP contribution in [0.5, 0.6) is 5.75 Å². The summed E-state index contributed by atoms with van der Waals surface area (Å²) in [6.45, 7) is 9.12. The number of likely N-dealkylation sites (N-methyl/N-ethyl adjacent to an activating group) is 1. The van der Waals surface area contributed by atoms with Crippen LogP contribution in [0.25, 0.3) is 22.4 Å². The van der Waals surface area contributed by atoms with E-state index in [9.17, 15) is 22.8 Å². The van der Waals surface area contributed by atoms with Crippen LogP contribution in [-0.4, -0.2) is 121 Å². The van der Waals surface area contributed by atoms with Crippen LogP contribution in [0.3, 0.4) is 0 Å². The Hall–Kier alpha value is -3.90. The van der Waals surface area contributed by atoms with E-state index in [2.05, 4.69) is 15.0 Å². The fourth-order valence-corrected chi connectivity index (χ4v) is 6.52. The summed E-state index contributed by atoms with van der Waals surface area (Å²) in [6.07, 6.45) is -3.00. The Morgan fingerprint density at radius 1 is 1.07 bits per heavy atom. The minimum absolute atomic E-state index is 0.0960. The lowest BCUT2D eigenvalue weighted by Gasteiger charge is -2.41. The van der Waals surface area contributed by atoms with E-state index in [0.717, 1.165) is 12.1 Å². The molecule has 0 amide bonds. The average molecular weight is 653 g/mol. The topological polar surface area (TPSA) is 228 Å². The van der Waals surface area contributed by atoms with Gasteiger partial charge in [-0.05, 0) is 52.4 Å². The van der Waals surface area contributed by atoms with Gasteiger partial charge >= 0.3 is 11.9 Å². The average Bonchev–Trinajstić information content (AvgIpc) is 3.30. The van der Waals surface area contributed by atoms with Crippen molar-refractivity contribution < 1.29 is 43.2 Å². The number of ether oxygens (including phenoxy) is 1. The number of nitrogens with zero attached hydrogens (tertiary/aromatic N) is 5. The number of rotatable bonds is 10. The number of sulfonamides is 1. The number of aliphatic carboxylic acids is 2. The number of nitrogens with one attached hydrogen (secondary N) is 1. The number of benzene rings is 1. The zero-order chi connectivity index (χ0) is 33.8. The van der Waals surface area contributed by atoms with Gasteiger partial charge in [-0.25, -0.2) is 23.0 Å². The van der Waals surface area contributed by atoms with Crippen molar-refractivity contribution in [1.29, 1.82) is 0 Å². The molecule has 2 aromatic heterocycles. The molecule has 4 rings (SSSR count). The van der Waals surface area contributed by atoms with Crippen molar-refractivity contribution in [3.63, 3.8) is 0 Å². The van der Waals surface area contributed by atoms with E-state index < -0.39 is 34.2 Å². The van der Waals surface area contributed by atoms with Crippen molar-refractivity contribution >= 4 is 33.0 Å². The summed E-state index contributed by atoms with van der Waals surface area (Å²) in [4.78, 5) is 42.4. The van der Waals surface area contributed by atoms with Gasteiger partial charge < -0.3 is 30.1 Å². The molecule has 1 aromatic carbocycles. The molecule has 3 heterocycles. The molecule has 0 bridgehead atoms. The second-order valence-corrected chi connectivity index (χ2v) is 12.7. The Balaban J connectivity index is 0.000000477. The summed E-state index contributed by atoms with van der Waals surface area (Å²) in [5.74, 6) is -2.83. The lowest BCUT2D eigenvalue weighted by molar-refractivity contribution is -0.165. The molecule has 1 aliphatic rings. The predicted molar refractivity (Wildman–Crippen MR) is 162 cm³/mol.